The molecule has 3 rings (SSSR count). The molecule has 8 nitrogen and oxygen atoms in total. The number of amides is 1. The molecule has 1 amide bonds. The van der Waals surface area contributed by atoms with Crippen LogP contribution in [0.2, 0.25) is 0 Å². The highest BCUT2D eigenvalue weighted by molar-refractivity contribution is 5.97. The summed E-state index contributed by atoms with van der Waals surface area (Å²) in [5, 5.41) is 11.0. The van der Waals surface area contributed by atoms with Crippen LogP contribution in [0.3, 0.4) is 0 Å². The summed E-state index contributed by atoms with van der Waals surface area (Å²) in [6, 6.07) is 11.2. The van der Waals surface area contributed by atoms with Gasteiger partial charge in [0.1, 0.15) is 12.4 Å². The first-order valence-electron chi connectivity index (χ1n) is 7.96. The molecule has 0 N–H and O–H groups in total. The van der Waals surface area contributed by atoms with Crippen LogP contribution in [-0.4, -0.2) is 49.1 Å². The quantitative estimate of drug-likeness (QED) is 0.602. The maximum atomic E-state index is 12.7. The number of carbonyl (C=O) groups excluding carboxylic acids is 1. The van der Waals surface area contributed by atoms with Gasteiger partial charge in [0.25, 0.3) is 11.6 Å². The Morgan fingerprint density at radius 3 is 2.73 bits per heavy atom. The summed E-state index contributed by atoms with van der Waals surface area (Å²) in [6.45, 7) is 0.569. The van der Waals surface area contributed by atoms with Gasteiger partial charge in [-0.25, -0.2) is 0 Å². The number of non-ortho nitro benzene ring substituents is 1. The molecule has 0 aromatic heterocycles. The third-order valence-corrected chi connectivity index (χ3v) is 4.02. The molecule has 0 radical (unpaired) electrons. The molecule has 0 aliphatic carbocycles. The van der Waals surface area contributed by atoms with Crippen molar-refractivity contribution < 1.29 is 23.9 Å². The van der Waals surface area contributed by atoms with Crippen molar-refractivity contribution in [1.82, 2.24) is 4.90 Å². The minimum absolute atomic E-state index is 0.126. The molecule has 1 aliphatic heterocycles. The van der Waals surface area contributed by atoms with Crippen molar-refractivity contribution in [3.8, 4) is 17.2 Å². The lowest BCUT2D eigenvalue weighted by atomic mass is 10.1. The molecule has 0 spiro atoms. The summed E-state index contributed by atoms with van der Waals surface area (Å²) < 4.78 is 16.7. The zero-order valence-electron chi connectivity index (χ0n) is 14.4. The number of rotatable bonds is 5. The molecule has 1 atom stereocenters. The van der Waals surface area contributed by atoms with E-state index >= 15 is 0 Å². The third kappa shape index (κ3) is 3.53. The molecule has 2 aromatic carbocycles. The molecular weight excluding hydrogens is 340 g/mol. The van der Waals surface area contributed by atoms with Gasteiger partial charge in [-0.05, 0) is 18.2 Å². The van der Waals surface area contributed by atoms with Gasteiger partial charge < -0.3 is 19.1 Å². The lowest BCUT2D eigenvalue weighted by Crippen LogP contribution is -2.41. The SMILES string of the molecule is COc1ccc([N+](=O)[O-])cc1C(=O)N(C)C[C@@H]1COc2ccccc2O1. The number of hydrogen-bond acceptors (Lipinski definition) is 6. The lowest BCUT2D eigenvalue weighted by Gasteiger charge is -2.29. The lowest BCUT2D eigenvalue weighted by molar-refractivity contribution is -0.384. The summed E-state index contributed by atoms with van der Waals surface area (Å²) in [6.07, 6.45) is -0.344. The Balaban J connectivity index is 1.74. The van der Waals surface area contributed by atoms with E-state index in [9.17, 15) is 14.9 Å². The van der Waals surface area contributed by atoms with E-state index < -0.39 is 10.8 Å². The van der Waals surface area contributed by atoms with E-state index in [-0.39, 0.29) is 29.6 Å². The number of nitro benzene ring substituents is 1. The second-order valence-corrected chi connectivity index (χ2v) is 5.82. The van der Waals surface area contributed by atoms with Gasteiger partial charge in [0.05, 0.1) is 24.1 Å². The number of methoxy groups -OCH3 is 1. The molecule has 0 unspecified atom stereocenters. The normalized spacial score (nSPS) is 15.2. The predicted molar refractivity (Wildman–Crippen MR) is 93.0 cm³/mol. The van der Waals surface area contributed by atoms with Gasteiger partial charge in [-0.1, -0.05) is 12.1 Å². The Morgan fingerprint density at radius 2 is 2.04 bits per heavy atom. The van der Waals surface area contributed by atoms with Gasteiger partial charge in [-0.15, -0.1) is 0 Å². The number of carbonyl (C=O) groups is 1. The highest BCUT2D eigenvalue weighted by Gasteiger charge is 2.26. The van der Waals surface area contributed by atoms with Crippen molar-refractivity contribution in [2.45, 2.75) is 6.10 Å². The second kappa shape index (κ2) is 7.30. The molecule has 0 fully saturated rings. The van der Waals surface area contributed by atoms with Crippen molar-refractivity contribution in [2.24, 2.45) is 0 Å². The number of nitro groups is 1. The van der Waals surface area contributed by atoms with E-state index in [2.05, 4.69) is 0 Å². The summed E-state index contributed by atoms with van der Waals surface area (Å²) in [5.74, 6) is 1.17. The predicted octanol–water partition coefficient (Wildman–Crippen LogP) is 2.52. The van der Waals surface area contributed by atoms with Crippen molar-refractivity contribution in [1.29, 1.82) is 0 Å². The van der Waals surface area contributed by atoms with Crippen LogP contribution in [0.25, 0.3) is 0 Å². The number of benzene rings is 2. The zero-order valence-corrected chi connectivity index (χ0v) is 14.4. The van der Waals surface area contributed by atoms with Gasteiger partial charge in [0.2, 0.25) is 0 Å². The number of hydrogen-bond donors (Lipinski definition) is 0. The van der Waals surface area contributed by atoms with Crippen molar-refractivity contribution in [2.75, 3.05) is 27.3 Å². The number of fused-ring (bicyclic) bond motifs is 1. The standard InChI is InChI=1S/C18H18N2O6/c1-19(10-13-11-25-16-5-3-4-6-17(16)26-13)18(21)14-9-12(20(22)23)7-8-15(14)24-2/h3-9,13H,10-11H2,1-2H3/t13-/m1/s1. The fourth-order valence-corrected chi connectivity index (χ4v) is 2.72. The van der Waals surface area contributed by atoms with Gasteiger partial charge >= 0.3 is 0 Å². The van der Waals surface area contributed by atoms with E-state index in [4.69, 9.17) is 14.2 Å². The van der Waals surface area contributed by atoms with Crippen LogP contribution < -0.4 is 14.2 Å². The van der Waals surface area contributed by atoms with Crippen LogP contribution in [0, 0.1) is 10.1 Å². The largest absolute Gasteiger partial charge is 0.496 e. The van der Waals surface area contributed by atoms with Gasteiger partial charge in [0.15, 0.2) is 17.6 Å². The van der Waals surface area contributed by atoms with Crippen molar-refractivity contribution >= 4 is 11.6 Å². The van der Waals surface area contributed by atoms with Crippen LogP contribution >= 0.6 is 0 Å². The van der Waals surface area contributed by atoms with Crippen LogP contribution in [0.5, 0.6) is 17.2 Å². The van der Waals surface area contributed by atoms with Crippen molar-refractivity contribution in [3.05, 3.63) is 58.1 Å². The van der Waals surface area contributed by atoms with E-state index in [0.29, 0.717) is 18.1 Å². The summed E-state index contributed by atoms with van der Waals surface area (Å²) in [5.41, 5.74) is -0.0462. The minimum Gasteiger partial charge on any atom is -0.496 e. The van der Waals surface area contributed by atoms with Gasteiger partial charge in [-0.2, -0.15) is 0 Å². The molecular formula is C18H18N2O6. The fraction of sp³-hybridized carbons (Fsp3) is 0.278. The second-order valence-electron chi connectivity index (χ2n) is 5.82. The van der Waals surface area contributed by atoms with Gasteiger partial charge in [-0.3, -0.25) is 14.9 Å². The van der Waals surface area contributed by atoms with Crippen LogP contribution in [0.4, 0.5) is 5.69 Å². The zero-order chi connectivity index (χ0) is 18.7. The van der Waals surface area contributed by atoms with E-state index in [1.807, 2.05) is 18.2 Å². The van der Waals surface area contributed by atoms with Crippen molar-refractivity contribution in [3.63, 3.8) is 0 Å². The molecule has 8 heteroatoms. The number of likely N-dealkylation sites (N-methyl/N-ethyl adjacent to an activating group) is 1. The van der Waals surface area contributed by atoms with Crippen LogP contribution in [0.15, 0.2) is 42.5 Å². The number of para-hydroxylation sites is 2. The maximum Gasteiger partial charge on any atom is 0.270 e. The van der Waals surface area contributed by atoms with E-state index in [1.54, 1.807) is 13.1 Å². The molecule has 0 bridgehead atoms. The molecule has 1 heterocycles. The molecule has 26 heavy (non-hydrogen) atoms. The summed E-state index contributed by atoms with van der Waals surface area (Å²) >= 11 is 0. The van der Waals surface area contributed by atoms with E-state index in [1.165, 1.54) is 30.2 Å². The first-order valence-corrected chi connectivity index (χ1v) is 7.96. The molecule has 1 aliphatic rings. The third-order valence-electron chi connectivity index (χ3n) is 4.02. The molecule has 2 aromatic rings. The minimum atomic E-state index is -0.550. The molecule has 136 valence electrons. The smallest absolute Gasteiger partial charge is 0.270 e. The first kappa shape index (κ1) is 17.5. The Hall–Kier alpha value is -3.29. The number of ether oxygens (including phenoxy) is 3. The number of nitrogens with zero attached hydrogens (tertiary/aromatic N) is 2. The topological polar surface area (TPSA) is 91.1 Å². The van der Waals surface area contributed by atoms with Crippen LogP contribution in [-0.2, 0) is 0 Å². The van der Waals surface area contributed by atoms with Crippen LogP contribution in [0.1, 0.15) is 10.4 Å². The molecule has 0 saturated heterocycles. The van der Waals surface area contributed by atoms with E-state index in [0.717, 1.165) is 0 Å². The highest BCUT2D eigenvalue weighted by atomic mass is 16.6. The van der Waals surface area contributed by atoms with Gasteiger partial charge in [0, 0.05) is 19.2 Å². The monoisotopic (exact) mass is 358 g/mol. The Kier molecular flexibility index (Phi) is 4.92. The highest BCUT2D eigenvalue weighted by Crippen LogP contribution is 2.31. The fourth-order valence-electron chi connectivity index (χ4n) is 2.72. The Morgan fingerprint density at radius 1 is 1.31 bits per heavy atom. The summed E-state index contributed by atoms with van der Waals surface area (Å²) in [7, 11) is 3.01. The molecule has 0 saturated carbocycles. The Labute approximate surface area is 150 Å². The summed E-state index contributed by atoms with van der Waals surface area (Å²) in [4.78, 5) is 24.6. The Bertz CT molecular complexity index is 838. The maximum absolute atomic E-state index is 12.7. The average Bonchev–Trinajstić information content (AvgIpc) is 2.66. The first-order chi connectivity index (χ1) is 12.5. The average molecular weight is 358 g/mol.